The maximum atomic E-state index is 12.3. The Morgan fingerprint density at radius 1 is 1.42 bits per heavy atom. The molecule has 2 rings (SSSR count). The highest BCUT2D eigenvalue weighted by molar-refractivity contribution is 8.00. The number of fused-ring (bicyclic) bond motifs is 1. The van der Waals surface area contributed by atoms with E-state index >= 15 is 0 Å². The van der Waals surface area contributed by atoms with Gasteiger partial charge in [0.2, 0.25) is 12.0 Å². The van der Waals surface area contributed by atoms with Gasteiger partial charge in [0, 0.05) is 0 Å². The number of hydrogen-bond acceptors (Lipinski definition) is 5. The van der Waals surface area contributed by atoms with E-state index in [0.717, 1.165) is 0 Å². The Hall–Kier alpha value is -1.74. The Morgan fingerprint density at radius 2 is 2.11 bits per heavy atom. The van der Waals surface area contributed by atoms with Crippen molar-refractivity contribution in [2.45, 2.75) is 16.5 Å². The SMILES string of the molecule is O=C(O)C(O)c1nc2cccc(SC(F)(F)F)c2o1. The highest BCUT2D eigenvalue weighted by Gasteiger charge is 2.31. The van der Waals surface area contributed by atoms with Crippen LogP contribution in [0.4, 0.5) is 13.2 Å². The molecule has 1 aromatic carbocycles. The largest absolute Gasteiger partial charge is 0.479 e. The lowest BCUT2D eigenvalue weighted by molar-refractivity contribution is -0.148. The summed E-state index contributed by atoms with van der Waals surface area (Å²) in [6.45, 7) is 0. The molecule has 0 radical (unpaired) electrons. The quantitative estimate of drug-likeness (QED) is 0.846. The number of aromatic nitrogens is 1. The number of carbonyl (C=O) groups is 1. The van der Waals surface area contributed by atoms with E-state index in [-0.39, 0.29) is 16.0 Å². The van der Waals surface area contributed by atoms with E-state index in [0.29, 0.717) is 0 Å². The Kier molecular flexibility index (Phi) is 3.42. The third-order valence-corrected chi connectivity index (χ3v) is 2.86. The second-order valence-electron chi connectivity index (χ2n) is 3.45. The topological polar surface area (TPSA) is 83.6 Å². The van der Waals surface area contributed by atoms with Gasteiger partial charge < -0.3 is 14.6 Å². The number of benzene rings is 1. The first kappa shape index (κ1) is 13.7. The predicted octanol–water partition coefficient (Wildman–Crippen LogP) is 2.56. The number of rotatable bonds is 3. The molecule has 5 nitrogen and oxygen atoms in total. The predicted molar refractivity (Wildman–Crippen MR) is 58.5 cm³/mol. The zero-order valence-electron chi connectivity index (χ0n) is 9.01. The second-order valence-corrected chi connectivity index (χ2v) is 4.55. The fourth-order valence-electron chi connectivity index (χ4n) is 1.37. The van der Waals surface area contributed by atoms with Crippen LogP contribution in [0.1, 0.15) is 12.0 Å². The minimum absolute atomic E-state index is 0.0459. The van der Waals surface area contributed by atoms with Crippen LogP contribution in [0.5, 0.6) is 0 Å². The van der Waals surface area contributed by atoms with Crippen LogP contribution >= 0.6 is 11.8 Å². The number of halogens is 3. The molecular weight excluding hydrogens is 287 g/mol. The number of hydrogen-bond donors (Lipinski definition) is 2. The van der Waals surface area contributed by atoms with Crippen LogP contribution in [-0.4, -0.2) is 26.7 Å². The fraction of sp³-hybridized carbons (Fsp3) is 0.200. The second kappa shape index (κ2) is 4.74. The monoisotopic (exact) mass is 293 g/mol. The van der Waals surface area contributed by atoms with Crippen molar-refractivity contribution in [1.29, 1.82) is 0 Å². The van der Waals surface area contributed by atoms with E-state index in [1.807, 2.05) is 0 Å². The molecule has 0 aliphatic carbocycles. The number of carboxylic acids is 1. The molecule has 0 aliphatic rings. The van der Waals surface area contributed by atoms with Crippen LogP contribution in [0.25, 0.3) is 11.1 Å². The molecule has 1 aromatic heterocycles. The van der Waals surface area contributed by atoms with Crippen molar-refractivity contribution in [3.63, 3.8) is 0 Å². The molecule has 2 N–H and O–H groups in total. The fourth-order valence-corrected chi connectivity index (χ4v) is 2.00. The van der Waals surface area contributed by atoms with Gasteiger partial charge in [-0.25, -0.2) is 9.78 Å². The Morgan fingerprint density at radius 3 is 2.68 bits per heavy atom. The smallest absolute Gasteiger partial charge is 0.446 e. The highest BCUT2D eigenvalue weighted by atomic mass is 32.2. The van der Waals surface area contributed by atoms with Crippen LogP contribution in [0.2, 0.25) is 0 Å². The van der Waals surface area contributed by atoms with Gasteiger partial charge in [0.05, 0.1) is 4.90 Å². The minimum Gasteiger partial charge on any atom is -0.479 e. The lowest BCUT2D eigenvalue weighted by atomic mass is 10.3. The summed E-state index contributed by atoms with van der Waals surface area (Å²) in [6.07, 6.45) is -2.02. The molecule has 102 valence electrons. The van der Waals surface area contributed by atoms with E-state index in [4.69, 9.17) is 9.52 Å². The highest BCUT2D eigenvalue weighted by Crippen LogP contribution is 2.40. The van der Waals surface area contributed by atoms with E-state index < -0.39 is 35.2 Å². The van der Waals surface area contributed by atoms with E-state index in [1.54, 1.807) is 0 Å². The van der Waals surface area contributed by atoms with Crippen molar-refractivity contribution in [2.24, 2.45) is 0 Å². The number of alkyl halides is 3. The molecule has 9 heteroatoms. The van der Waals surface area contributed by atoms with Gasteiger partial charge in [-0.3, -0.25) is 0 Å². The Bertz CT molecular complexity index is 625. The third kappa shape index (κ3) is 2.99. The maximum absolute atomic E-state index is 12.3. The van der Waals surface area contributed by atoms with Gasteiger partial charge >= 0.3 is 11.5 Å². The molecule has 0 amide bonds. The van der Waals surface area contributed by atoms with Crippen LogP contribution in [0, 0.1) is 0 Å². The lowest BCUT2D eigenvalue weighted by Gasteiger charge is -2.04. The van der Waals surface area contributed by atoms with Gasteiger partial charge in [0.1, 0.15) is 5.52 Å². The van der Waals surface area contributed by atoms with Gasteiger partial charge in [-0.15, -0.1) is 0 Å². The molecule has 0 bridgehead atoms. The van der Waals surface area contributed by atoms with Crippen LogP contribution in [0.15, 0.2) is 27.5 Å². The summed E-state index contributed by atoms with van der Waals surface area (Å²) < 4.78 is 41.9. The van der Waals surface area contributed by atoms with Gasteiger partial charge in [0.25, 0.3) is 0 Å². The summed E-state index contributed by atoms with van der Waals surface area (Å²) in [4.78, 5) is 14.0. The summed E-state index contributed by atoms with van der Waals surface area (Å²) in [6, 6.07) is 3.86. The average molecular weight is 293 g/mol. The average Bonchev–Trinajstić information content (AvgIpc) is 2.70. The van der Waals surface area contributed by atoms with Crippen molar-refractivity contribution in [3.05, 3.63) is 24.1 Å². The van der Waals surface area contributed by atoms with Crippen molar-refractivity contribution in [2.75, 3.05) is 0 Å². The van der Waals surface area contributed by atoms with Crippen molar-refractivity contribution in [3.8, 4) is 0 Å². The molecule has 1 unspecified atom stereocenters. The number of aliphatic hydroxyl groups is 1. The number of aliphatic carboxylic acids is 1. The minimum atomic E-state index is -4.51. The van der Waals surface area contributed by atoms with Crippen LogP contribution in [0.3, 0.4) is 0 Å². The van der Waals surface area contributed by atoms with Gasteiger partial charge in [-0.1, -0.05) is 6.07 Å². The molecule has 19 heavy (non-hydrogen) atoms. The maximum Gasteiger partial charge on any atom is 0.446 e. The molecule has 0 saturated carbocycles. The first-order chi connectivity index (χ1) is 8.78. The molecule has 1 atom stereocenters. The summed E-state index contributed by atoms with van der Waals surface area (Å²) in [7, 11) is 0. The Labute approximate surface area is 108 Å². The summed E-state index contributed by atoms with van der Waals surface area (Å²) >= 11 is -0.399. The summed E-state index contributed by atoms with van der Waals surface area (Å²) in [5, 5.41) is 17.8. The Balaban J connectivity index is 2.48. The zero-order valence-corrected chi connectivity index (χ0v) is 9.83. The van der Waals surface area contributed by atoms with E-state index in [1.165, 1.54) is 18.2 Å². The molecule has 1 heterocycles. The van der Waals surface area contributed by atoms with Crippen LogP contribution < -0.4 is 0 Å². The normalized spacial score (nSPS) is 13.7. The van der Waals surface area contributed by atoms with Gasteiger partial charge in [-0.2, -0.15) is 13.2 Å². The molecule has 2 aromatic rings. The summed E-state index contributed by atoms with van der Waals surface area (Å²) in [5.74, 6) is -2.16. The molecule has 0 fully saturated rings. The zero-order chi connectivity index (χ0) is 14.2. The number of carboxylic acid groups (broad SMARTS) is 1. The van der Waals surface area contributed by atoms with Crippen molar-refractivity contribution >= 4 is 28.8 Å². The molecule has 0 spiro atoms. The van der Waals surface area contributed by atoms with Crippen LogP contribution in [-0.2, 0) is 4.79 Å². The van der Waals surface area contributed by atoms with E-state index in [9.17, 15) is 23.1 Å². The third-order valence-electron chi connectivity index (χ3n) is 2.09. The molecule has 0 saturated heterocycles. The lowest BCUT2D eigenvalue weighted by Crippen LogP contribution is -2.10. The van der Waals surface area contributed by atoms with E-state index in [2.05, 4.69) is 4.98 Å². The van der Waals surface area contributed by atoms with Gasteiger partial charge in [0.15, 0.2) is 5.58 Å². The number of thioether (sulfide) groups is 1. The van der Waals surface area contributed by atoms with Gasteiger partial charge in [-0.05, 0) is 23.9 Å². The van der Waals surface area contributed by atoms with Crippen molar-refractivity contribution < 1.29 is 32.6 Å². The number of para-hydroxylation sites is 1. The number of aliphatic hydroxyl groups excluding tert-OH is 1. The first-order valence-corrected chi connectivity index (χ1v) is 5.65. The van der Waals surface area contributed by atoms with Crippen molar-refractivity contribution in [1.82, 2.24) is 4.98 Å². The molecule has 0 aliphatic heterocycles. The number of nitrogens with zero attached hydrogens (tertiary/aromatic N) is 1. The number of oxazole rings is 1. The summed E-state index contributed by atoms with van der Waals surface area (Å²) in [5.41, 5.74) is -4.67. The molecular formula is C10H6F3NO4S. The first-order valence-electron chi connectivity index (χ1n) is 4.84. The standard InChI is InChI=1S/C10H6F3NO4S/c11-10(12,13)19-5-3-1-2-4-7(5)18-8(14-4)6(15)9(16)17/h1-3,6,15H,(H,16,17).